The number of hydrogen-bond acceptors (Lipinski definition) is 7. The molecule has 26 heavy (non-hydrogen) atoms. The number of piperidine rings is 1. The van der Waals surface area contributed by atoms with Gasteiger partial charge in [-0.25, -0.2) is 9.97 Å². The monoisotopic (exact) mass is 361 g/mol. The highest BCUT2D eigenvalue weighted by atomic mass is 16.7. The van der Waals surface area contributed by atoms with Crippen molar-refractivity contribution in [1.29, 1.82) is 0 Å². The normalized spacial score (nSPS) is 23.6. The minimum Gasteiger partial charge on any atom is -0.347 e. The molecule has 0 bridgehead atoms. The molecule has 0 atom stereocenters. The third kappa shape index (κ3) is 3.54. The fourth-order valence-corrected chi connectivity index (χ4v) is 3.88. The lowest BCUT2D eigenvalue weighted by Crippen LogP contribution is -2.48. The van der Waals surface area contributed by atoms with E-state index in [0.29, 0.717) is 37.9 Å². The van der Waals surface area contributed by atoms with Gasteiger partial charge in [0.2, 0.25) is 5.95 Å². The van der Waals surface area contributed by atoms with Crippen LogP contribution in [0.2, 0.25) is 0 Å². The Labute approximate surface area is 154 Å². The number of amides is 1. The van der Waals surface area contributed by atoms with E-state index in [1.807, 2.05) is 4.90 Å². The van der Waals surface area contributed by atoms with Crippen LogP contribution in [0.1, 0.15) is 30.3 Å². The average molecular weight is 361 g/mol. The summed E-state index contributed by atoms with van der Waals surface area (Å²) in [6.07, 6.45) is 3.13. The summed E-state index contributed by atoms with van der Waals surface area (Å²) in [6.45, 7) is 9.61. The molecule has 0 radical (unpaired) electrons. The summed E-state index contributed by atoms with van der Waals surface area (Å²) < 4.78 is 11.5. The molecule has 4 heterocycles. The number of carbonyl (C=O) groups is 1. The highest BCUT2D eigenvalue weighted by molar-refractivity contribution is 5.92. The third-order valence-corrected chi connectivity index (χ3v) is 5.59. The van der Waals surface area contributed by atoms with Gasteiger partial charge < -0.3 is 24.2 Å². The maximum atomic E-state index is 12.9. The Morgan fingerprint density at radius 2 is 1.81 bits per heavy atom. The quantitative estimate of drug-likeness (QED) is 0.781. The van der Waals surface area contributed by atoms with Crippen LogP contribution >= 0.6 is 0 Å². The smallest absolute Gasteiger partial charge is 0.272 e. The Balaban J connectivity index is 1.39. The molecular formula is C18H27N5O3. The van der Waals surface area contributed by atoms with Crippen LogP contribution in [0, 0.1) is 0 Å². The van der Waals surface area contributed by atoms with Crippen LogP contribution < -0.4 is 4.90 Å². The van der Waals surface area contributed by atoms with Crippen LogP contribution in [0.3, 0.4) is 0 Å². The number of nitrogens with zero attached hydrogens (tertiary/aromatic N) is 5. The highest BCUT2D eigenvalue weighted by Crippen LogP contribution is 2.31. The van der Waals surface area contributed by atoms with Crippen LogP contribution in [0.5, 0.6) is 0 Å². The molecule has 3 saturated heterocycles. The van der Waals surface area contributed by atoms with Crippen LogP contribution in [-0.4, -0.2) is 90.5 Å². The van der Waals surface area contributed by atoms with Gasteiger partial charge >= 0.3 is 0 Å². The van der Waals surface area contributed by atoms with Crippen molar-refractivity contribution in [2.45, 2.75) is 25.6 Å². The van der Waals surface area contributed by atoms with Crippen molar-refractivity contribution in [3.63, 3.8) is 0 Å². The van der Waals surface area contributed by atoms with Crippen LogP contribution in [0.15, 0.2) is 12.3 Å². The standard InChI is InChI=1S/C18H27N5O3/c1-2-21-9-11-23(12-10-21)17-19-6-3-15(20-17)16(24)22-7-4-18(5-8-22)25-13-14-26-18/h3,6H,2,4-5,7-14H2,1H3. The number of ether oxygens (including phenoxy) is 2. The molecule has 0 aromatic carbocycles. The fourth-order valence-electron chi connectivity index (χ4n) is 3.88. The summed E-state index contributed by atoms with van der Waals surface area (Å²) in [6, 6.07) is 1.71. The molecule has 0 saturated carbocycles. The van der Waals surface area contributed by atoms with Crippen molar-refractivity contribution >= 4 is 11.9 Å². The topological polar surface area (TPSA) is 71.0 Å². The van der Waals surface area contributed by atoms with E-state index in [1.165, 1.54) is 0 Å². The zero-order chi connectivity index (χ0) is 18.0. The van der Waals surface area contributed by atoms with Crippen molar-refractivity contribution in [3.05, 3.63) is 18.0 Å². The van der Waals surface area contributed by atoms with E-state index in [9.17, 15) is 4.79 Å². The Morgan fingerprint density at radius 1 is 1.12 bits per heavy atom. The van der Waals surface area contributed by atoms with Gasteiger partial charge in [0.1, 0.15) is 5.69 Å². The lowest BCUT2D eigenvalue weighted by Gasteiger charge is -2.37. The lowest BCUT2D eigenvalue weighted by molar-refractivity contribution is -0.181. The van der Waals surface area contributed by atoms with E-state index in [0.717, 1.165) is 45.6 Å². The van der Waals surface area contributed by atoms with Gasteiger partial charge in [-0.05, 0) is 12.6 Å². The molecule has 0 unspecified atom stereocenters. The SMILES string of the molecule is CCN1CCN(c2nccc(C(=O)N3CCC4(CC3)OCCO4)n2)CC1. The first kappa shape index (κ1) is 17.6. The highest BCUT2D eigenvalue weighted by Gasteiger charge is 2.41. The van der Waals surface area contributed by atoms with Gasteiger partial charge in [-0.15, -0.1) is 0 Å². The second-order valence-corrected chi connectivity index (χ2v) is 7.06. The molecule has 3 aliphatic heterocycles. The first-order valence-electron chi connectivity index (χ1n) is 9.57. The molecule has 8 nitrogen and oxygen atoms in total. The zero-order valence-electron chi connectivity index (χ0n) is 15.4. The number of hydrogen-bond donors (Lipinski definition) is 0. The number of likely N-dealkylation sites (tertiary alicyclic amines) is 1. The van der Waals surface area contributed by atoms with Gasteiger partial charge in [0.15, 0.2) is 5.79 Å². The van der Waals surface area contributed by atoms with E-state index in [-0.39, 0.29) is 5.91 Å². The second-order valence-electron chi connectivity index (χ2n) is 7.06. The van der Waals surface area contributed by atoms with Crippen molar-refractivity contribution in [1.82, 2.24) is 19.8 Å². The molecule has 1 amide bonds. The predicted molar refractivity (Wildman–Crippen MR) is 96.1 cm³/mol. The van der Waals surface area contributed by atoms with Crippen molar-refractivity contribution in [2.24, 2.45) is 0 Å². The number of rotatable bonds is 3. The van der Waals surface area contributed by atoms with E-state index in [2.05, 4.69) is 26.7 Å². The minimum atomic E-state index is -0.466. The molecule has 4 rings (SSSR count). The van der Waals surface area contributed by atoms with Gasteiger partial charge in [-0.2, -0.15) is 0 Å². The molecule has 1 aromatic rings. The van der Waals surface area contributed by atoms with E-state index < -0.39 is 5.79 Å². The maximum Gasteiger partial charge on any atom is 0.272 e. The molecule has 3 fully saturated rings. The zero-order valence-corrected chi connectivity index (χ0v) is 15.4. The molecule has 142 valence electrons. The number of aromatic nitrogens is 2. The third-order valence-electron chi connectivity index (χ3n) is 5.59. The lowest BCUT2D eigenvalue weighted by atomic mass is 10.0. The molecule has 8 heteroatoms. The predicted octanol–water partition coefficient (Wildman–Crippen LogP) is 0.598. The first-order valence-corrected chi connectivity index (χ1v) is 9.57. The molecule has 1 aromatic heterocycles. The summed E-state index contributed by atoms with van der Waals surface area (Å²) in [5.74, 6) is 0.156. The number of anilines is 1. The van der Waals surface area contributed by atoms with Gasteiger partial charge in [0.25, 0.3) is 5.91 Å². The summed E-state index contributed by atoms with van der Waals surface area (Å²) in [7, 11) is 0. The van der Waals surface area contributed by atoms with Gasteiger partial charge in [0.05, 0.1) is 13.2 Å². The summed E-state index contributed by atoms with van der Waals surface area (Å²) in [5.41, 5.74) is 0.470. The average Bonchev–Trinajstić information content (AvgIpc) is 3.16. The number of piperazine rings is 1. The first-order chi connectivity index (χ1) is 12.7. The van der Waals surface area contributed by atoms with E-state index >= 15 is 0 Å². The molecule has 0 N–H and O–H groups in total. The van der Waals surface area contributed by atoms with Gasteiger partial charge in [-0.1, -0.05) is 6.92 Å². The van der Waals surface area contributed by atoms with Crippen LogP contribution in [0.4, 0.5) is 5.95 Å². The van der Waals surface area contributed by atoms with Crippen molar-refractivity contribution < 1.29 is 14.3 Å². The molecular weight excluding hydrogens is 334 g/mol. The van der Waals surface area contributed by atoms with E-state index in [1.54, 1.807) is 12.3 Å². The largest absolute Gasteiger partial charge is 0.347 e. The Morgan fingerprint density at radius 3 is 2.46 bits per heavy atom. The molecule has 3 aliphatic rings. The molecule has 0 aliphatic carbocycles. The van der Waals surface area contributed by atoms with Crippen LogP contribution in [-0.2, 0) is 9.47 Å². The minimum absolute atomic E-state index is 0.0336. The summed E-state index contributed by atoms with van der Waals surface area (Å²) in [4.78, 5) is 28.2. The maximum absolute atomic E-state index is 12.9. The summed E-state index contributed by atoms with van der Waals surface area (Å²) >= 11 is 0. The molecule has 1 spiro atoms. The number of likely N-dealkylation sites (N-methyl/N-ethyl adjacent to an activating group) is 1. The van der Waals surface area contributed by atoms with Crippen molar-refractivity contribution in [2.75, 3.05) is 63.9 Å². The van der Waals surface area contributed by atoms with E-state index in [4.69, 9.17) is 9.47 Å². The Kier molecular flexibility index (Phi) is 5.06. The number of carbonyl (C=O) groups excluding carboxylic acids is 1. The second kappa shape index (κ2) is 7.46. The Bertz CT molecular complexity index is 631. The van der Waals surface area contributed by atoms with Gasteiger partial charge in [0, 0.05) is 58.3 Å². The fraction of sp³-hybridized carbons (Fsp3) is 0.722. The van der Waals surface area contributed by atoms with Crippen molar-refractivity contribution in [3.8, 4) is 0 Å². The van der Waals surface area contributed by atoms with Gasteiger partial charge in [-0.3, -0.25) is 4.79 Å². The van der Waals surface area contributed by atoms with Crippen LogP contribution in [0.25, 0.3) is 0 Å². The summed E-state index contributed by atoms with van der Waals surface area (Å²) in [5, 5.41) is 0. The Hall–Kier alpha value is -1.77.